The van der Waals surface area contributed by atoms with Crippen molar-refractivity contribution in [1.29, 1.82) is 0 Å². The van der Waals surface area contributed by atoms with Gasteiger partial charge in [-0.1, -0.05) is 50.8 Å². The minimum Gasteiger partial charge on any atom is -0.323 e. The zero-order valence-corrected chi connectivity index (χ0v) is 15.6. The Morgan fingerprint density at radius 3 is 2.73 bits per heavy atom. The molecule has 140 valence electrons. The molecule has 2 aliphatic heterocycles. The molecule has 0 saturated carbocycles. The van der Waals surface area contributed by atoms with E-state index in [1.54, 1.807) is 11.8 Å². The maximum Gasteiger partial charge on any atom is 0.325 e. The summed E-state index contributed by atoms with van der Waals surface area (Å²) in [6.45, 7) is 4.28. The van der Waals surface area contributed by atoms with Crippen LogP contribution in [0.5, 0.6) is 0 Å². The summed E-state index contributed by atoms with van der Waals surface area (Å²) in [6.07, 6.45) is 5.58. The SMILES string of the molecule is CCCCCCC1(C)NC(=O)N(CC(=O)N2CCc3ccccc32)C1=O. The van der Waals surface area contributed by atoms with Crippen molar-refractivity contribution in [3.63, 3.8) is 0 Å². The first-order valence-electron chi connectivity index (χ1n) is 9.48. The second-order valence-corrected chi connectivity index (χ2v) is 7.39. The molecule has 26 heavy (non-hydrogen) atoms. The van der Waals surface area contributed by atoms with E-state index in [4.69, 9.17) is 0 Å². The molecule has 1 N–H and O–H groups in total. The maximum atomic E-state index is 12.8. The average Bonchev–Trinajstić information content (AvgIpc) is 3.14. The van der Waals surface area contributed by atoms with Crippen molar-refractivity contribution in [2.45, 2.75) is 57.9 Å². The lowest BCUT2D eigenvalue weighted by molar-refractivity contribution is -0.134. The topological polar surface area (TPSA) is 69.7 Å². The molecule has 2 aliphatic rings. The number of urea groups is 1. The molecule has 1 aromatic rings. The van der Waals surface area contributed by atoms with E-state index in [-0.39, 0.29) is 18.4 Å². The zero-order chi connectivity index (χ0) is 18.7. The minimum atomic E-state index is -0.895. The van der Waals surface area contributed by atoms with Crippen molar-refractivity contribution in [2.75, 3.05) is 18.0 Å². The van der Waals surface area contributed by atoms with Crippen molar-refractivity contribution in [3.8, 4) is 0 Å². The number of nitrogens with zero attached hydrogens (tertiary/aromatic N) is 2. The first-order valence-corrected chi connectivity index (χ1v) is 9.48. The second-order valence-electron chi connectivity index (χ2n) is 7.39. The van der Waals surface area contributed by atoms with Crippen LogP contribution in [0.4, 0.5) is 10.5 Å². The molecular weight excluding hydrogens is 330 g/mol. The molecule has 0 radical (unpaired) electrons. The Morgan fingerprint density at radius 2 is 1.96 bits per heavy atom. The van der Waals surface area contributed by atoms with Crippen LogP contribution in [0.15, 0.2) is 24.3 Å². The monoisotopic (exact) mass is 357 g/mol. The molecule has 1 unspecified atom stereocenters. The molecule has 4 amide bonds. The van der Waals surface area contributed by atoms with Gasteiger partial charge in [-0.05, 0) is 31.4 Å². The molecule has 1 fully saturated rings. The Labute approximate surface area is 154 Å². The molecule has 1 atom stereocenters. The Bertz CT molecular complexity index is 718. The van der Waals surface area contributed by atoms with E-state index in [1.807, 2.05) is 24.3 Å². The van der Waals surface area contributed by atoms with Gasteiger partial charge in [0.2, 0.25) is 5.91 Å². The fourth-order valence-electron chi connectivity index (χ4n) is 3.78. The lowest BCUT2D eigenvalue weighted by atomic mass is 9.94. The highest BCUT2D eigenvalue weighted by Crippen LogP contribution is 2.29. The summed E-state index contributed by atoms with van der Waals surface area (Å²) in [7, 11) is 0. The fourth-order valence-corrected chi connectivity index (χ4v) is 3.78. The van der Waals surface area contributed by atoms with Gasteiger partial charge in [-0.15, -0.1) is 0 Å². The molecule has 0 aromatic heterocycles. The van der Waals surface area contributed by atoms with Crippen LogP contribution in [0.1, 0.15) is 51.5 Å². The van der Waals surface area contributed by atoms with Gasteiger partial charge in [0.25, 0.3) is 5.91 Å². The van der Waals surface area contributed by atoms with Crippen LogP contribution in [0, 0.1) is 0 Å². The van der Waals surface area contributed by atoms with Gasteiger partial charge in [-0.3, -0.25) is 14.5 Å². The molecule has 0 aliphatic carbocycles. The van der Waals surface area contributed by atoms with Gasteiger partial charge in [0.05, 0.1) is 0 Å². The van der Waals surface area contributed by atoms with E-state index in [0.717, 1.165) is 48.3 Å². The van der Waals surface area contributed by atoms with E-state index in [2.05, 4.69) is 12.2 Å². The maximum absolute atomic E-state index is 12.8. The number of unbranched alkanes of at least 4 members (excludes halogenated alkanes) is 3. The van der Waals surface area contributed by atoms with Crippen LogP contribution in [0.3, 0.4) is 0 Å². The number of amides is 4. The summed E-state index contributed by atoms with van der Waals surface area (Å²) in [4.78, 5) is 40.5. The van der Waals surface area contributed by atoms with Crippen LogP contribution in [0.25, 0.3) is 0 Å². The smallest absolute Gasteiger partial charge is 0.323 e. The second kappa shape index (κ2) is 7.48. The molecule has 1 aromatic carbocycles. The standard InChI is InChI=1S/C20H27N3O3/c1-3-4-5-8-12-20(2)18(25)23(19(26)21-20)14-17(24)22-13-11-15-9-6-7-10-16(15)22/h6-7,9-10H,3-5,8,11-14H2,1-2H3,(H,21,26). The van der Waals surface area contributed by atoms with Crippen molar-refractivity contribution in [1.82, 2.24) is 10.2 Å². The van der Waals surface area contributed by atoms with Gasteiger partial charge in [-0.2, -0.15) is 0 Å². The van der Waals surface area contributed by atoms with Crippen LogP contribution in [0.2, 0.25) is 0 Å². The van der Waals surface area contributed by atoms with Gasteiger partial charge < -0.3 is 10.2 Å². The van der Waals surface area contributed by atoms with E-state index in [1.165, 1.54) is 0 Å². The summed E-state index contributed by atoms with van der Waals surface area (Å²) in [5.41, 5.74) is 1.11. The Morgan fingerprint density at radius 1 is 1.19 bits per heavy atom. The van der Waals surface area contributed by atoms with Crippen molar-refractivity contribution < 1.29 is 14.4 Å². The highest BCUT2D eigenvalue weighted by atomic mass is 16.2. The number of anilines is 1. The van der Waals surface area contributed by atoms with Crippen LogP contribution >= 0.6 is 0 Å². The number of carbonyl (C=O) groups is 3. The van der Waals surface area contributed by atoms with Crippen molar-refractivity contribution >= 4 is 23.5 Å². The van der Waals surface area contributed by atoms with Crippen LogP contribution in [-0.2, 0) is 16.0 Å². The van der Waals surface area contributed by atoms with E-state index >= 15 is 0 Å². The zero-order valence-electron chi connectivity index (χ0n) is 15.6. The number of nitrogens with one attached hydrogen (secondary N) is 1. The largest absolute Gasteiger partial charge is 0.325 e. The molecule has 0 spiro atoms. The number of fused-ring (bicyclic) bond motifs is 1. The molecule has 2 heterocycles. The number of rotatable bonds is 7. The number of hydrogen-bond donors (Lipinski definition) is 1. The van der Waals surface area contributed by atoms with Gasteiger partial charge in [-0.25, -0.2) is 4.79 Å². The lowest BCUT2D eigenvalue weighted by Gasteiger charge is -2.23. The number of imide groups is 1. The quantitative estimate of drug-likeness (QED) is 0.603. The van der Waals surface area contributed by atoms with Gasteiger partial charge in [0.1, 0.15) is 12.1 Å². The number of hydrogen-bond acceptors (Lipinski definition) is 3. The minimum absolute atomic E-state index is 0.205. The van der Waals surface area contributed by atoms with Crippen molar-refractivity contribution in [3.05, 3.63) is 29.8 Å². The third-order valence-corrected chi connectivity index (χ3v) is 5.36. The number of para-hydroxylation sites is 1. The van der Waals surface area contributed by atoms with Gasteiger partial charge in [0.15, 0.2) is 0 Å². The normalized spacial score (nSPS) is 21.9. The molecular formula is C20H27N3O3. The lowest BCUT2D eigenvalue weighted by Crippen LogP contribution is -2.45. The fraction of sp³-hybridized carbons (Fsp3) is 0.550. The molecule has 6 heteroatoms. The number of carbonyl (C=O) groups excluding carboxylic acids is 3. The first-order chi connectivity index (χ1) is 12.5. The summed E-state index contributed by atoms with van der Waals surface area (Å²) in [6, 6.07) is 7.29. The summed E-state index contributed by atoms with van der Waals surface area (Å²) < 4.78 is 0. The predicted molar refractivity (Wildman–Crippen MR) is 99.9 cm³/mol. The molecule has 1 saturated heterocycles. The average molecular weight is 357 g/mol. The van der Waals surface area contributed by atoms with E-state index in [9.17, 15) is 14.4 Å². The Kier molecular flexibility index (Phi) is 5.30. The highest BCUT2D eigenvalue weighted by Gasteiger charge is 2.48. The summed E-state index contributed by atoms with van der Waals surface area (Å²) in [5.74, 6) is -0.506. The Hall–Kier alpha value is -2.37. The van der Waals surface area contributed by atoms with Gasteiger partial charge >= 0.3 is 6.03 Å². The molecule has 6 nitrogen and oxygen atoms in total. The highest BCUT2D eigenvalue weighted by molar-refractivity contribution is 6.10. The third kappa shape index (κ3) is 3.45. The van der Waals surface area contributed by atoms with E-state index in [0.29, 0.717) is 13.0 Å². The molecule has 0 bridgehead atoms. The molecule has 3 rings (SSSR count). The van der Waals surface area contributed by atoms with Gasteiger partial charge in [0, 0.05) is 12.2 Å². The Balaban J connectivity index is 1.64. The van der Waals surface area contributed by atoms with E-state index < -0.39 is 11.6 Å². The van der Waals surface area contributed by atoms with Crippen molar-refractivity contribution in [2.24, 2.45) is 0 Å². The van der Waals surface area contributed by atoms with Crippen LogP contribution < -0.4 is 10.2 Å². The summed E-state index contributed by atoms with van der Waals surface area (Å²) in [5, 5.41) is 2.79. The summed E-state index contributed by atoms with van der Waals surface area (Å²) >= 11 is 0. The number of benzene rings is 1. The predicted octanol–water partition coefficient (Wildman–Crippen LogP) is 2.86. The van der Waals surface area contributed by atoms with Crippen LogP contribution in [-0.4, -0.2) is 41.4 Å². The third-order valence-electron chi connectivity index (χ3n) is 5.36. The first kappa shape index (κ1) is 18.4.